The fourth-order valence-corrected chi connectivity index (χ4v) is 3.74. The minimum Gasteiger partial charge on any atom is -0.396 e. The zero-order valence-corrected chi connectivity index (χ0v) is 17.8. The van der Waals surface area contributed by atoms with Crippen LogP contribution in [0, 0.1) is 13.8 Å². The average molecular weight is 420 g/mol. The van der Waals surface area contributed by atoms with Gasteiger partial charge in [0.15, 0.2) is 5.65 Å². The number of amides is 1. The number of aromatic nitrogens is 3. The van der Waals surface area contributed by atoms with Crippen LogP contribution in [0.4, 0.5) is 11.4 Å². The summed E-state index contributed by atoms with van der Waals surface area (Å²) < 4.78 is 1.92. The van der Waals surface area contributed by atoms with E-state index in [1.54, 1.807) is 12.1 Å². The number of hydrogen-bond donors (Lipinski definition) is 2. The van der Waals surface area contributed by atoms with Crippen molar-refractivity contribution in [1.82, 2.24) is 14.8 Å². The molecule has 1 aromatic carbocycles. The molecule has 3 N–H and O–H groups in total. The van der Waals surface area contributed by atoms with Crippen LogP contribution in [0.2, 0.25) is 10.0 Å². The molecule has 6 nitrogen and oxygen atoms in total. The molecule has 2 aromatic heterocycles. The highest BCUT2D eigenvalue weighted by Gasteiger charge is 2.16. The van der Waals surface area contributed by atoms with Gasteiger partial charge in [-0.15, -0.1) is 0 Å². The highest BCUT2D eigenvalue weighted by atomic mass is 35.5. The molecule has 8 heteroatoms. The van der Waals surface area contributed by atoms with Gasteiger partial charge in [-0.25, -0.2) is 9.67 Å². The van der Waals surface area contributed by atoms with Crippen LogP contribution in [0.3, 0.4) is 0 Å². The standard InChI is InChI=1S/C20H23Cl2N5O/c1-10(2)27-20-15(9-24-27)11(3)14(12(4)25-20)5-6-18(28)26-13-7-16(21)19(23)17(22)8-13/h7-10H,5-6,23H2,1-4H3,(H,26,28). The number of nitrogens with one attached hydrogen (secondary N) is 1. The summed E-state index contributed by atoms with van der Waals surface area (Å²) in [5.41, 5.74) is 10.5. The van der Waals surface area contributed by atoms with Crippen molar-refractivity contribution in [2.24, 2.45) is 0 Å². The van der Waals surface area contributed by atoms with E-state index in [2.05, 4.69) is 31.2 Å². The molecule has 0 fully saturated rings. The van der Waals surface area contributed by atoms with E-state index in [-0.39, 0.29) is 11.9 Å². The Balaban J connectivity index is 1.77. The van der Waals surface area contributed by atoms with Crippen molar-refractivity contribution in [3.05, 3.63) is 45.2 Å². The summed E-state index contributed by atoms with van der Waals surface area (Å²) in [6.07, 6.45) is 2.74. The van der Waals surface area contributed by atoms with Crippen LogP contribution < -0.4 is 11.1 Å². The maximum absolute atomic E-state index is 12.4. The van der Waals surface area contributed by atoms with Crippen molar-refractivity contribution in [2.75, 3.05) is 11.1 Å². The number of nitrogens with zero attached hydrogens (tertiary/aromatic N) is 3. The van der Waals surface area contributed by atoms with Gasteiger partial charge in [-0.1, -0.05) is 23.2 Å². The zero-order chi connectivity index (χ0) is 20.6. The molecule has 0 atom stereocenters. The fourth-order valence-electron chi connectivity index (χ4n) is 3.26. The fraction of sp³-hybridized carbons (Fsp3) is 0.350. The molecule has 0 saturated carbocycles. The smallest absolute Gasteiger partial charge is 0.224 e. The van der Waals surface area contributed by atoms with Crippen LogP contribution in [-0.4, -0.2) is 20.7 Å². The highest BCUT2D eigenvalue weighted by Crippen LogP contribution is 2.31. The molecule has 0 spiro atoms. The van der Waals surface area contributed by atoms with E-state index < -0.39 is 0 Å². The summed E-state index contributed by atoms with van der Waals surface area (Å²) >= 11 is 12.0. The molecule has 3 aromatic rings. The van der Waals surface area contributed by atoms with E-state index in [4.69, 9.17) is 33.9 Å². The second-order valence-electron chi connectivity index (χ2n) is 7.12. The lowest BCUT2D eigenvalue weighted by molar-refractivity contribution is -0.116. The Hall–Kier alpha value is -2.31. The van der Waals surface area contributed by atoms with Crippen molar-refractivity contribution >= 4 is 51.5 Å². The van der Waals surface area contributed by atoms with Crippen molar-refractivity contribution in [2.45, 2.75) is 46.6 Å². The first-order valence-electron chi connectivity index (χ1n) is 9.06. The summed E-state index contributed by atoms with van der Waals surface area (Å²) in [5, 5.41) is 8.91. The van der Waals surface area contributed by atoms with Gasteiger partial charge in [0.1, 0.15) is 0 Å². The van der Waals surface area contributed by atoms with Gasteiger partial charge in [-0.3, -0.25) is 4.79 Å². The van der Waals surface area contributed by atoms with Crippen molar-refractivity contribution in [3.8, 4) is 0 Å². The van der Waals surface area contributed by atoms with E-state index in [1.807, 2.05) is 17.8 Å². The number of carbonyl (C=O) groups excluding carboxylic acids is 1. The van der Waals surface area contributed by atoms with Gasteiger partial charge in [0.25, 0.3) is 0 Å². The summed E-state index contributed by atoms with van der Waals surface area (Å²) in [6, 6.07) is 3.41. The number of pyridine rings is 1. The molecule has 0 radical (unpaired) electrons. The Bertz CT molecular complexity index is 1040. The first kappa shape index (κ1) is 20.4. The monoisotopic (exact) mass is 419 g/mol. The highest BCUT2D eigenvalue weighted by molar-refractivity contribution is 6.39. The Morgan fingerprint density at radius 3 is 2.50 bits per heavy atom. The molecule has 0 saturated heterocycles. The number of anilines is 2. The third-order valence-electron chi connectivity index (χ3n) is 4.79. The lowest BCUT2D eigenvalue weighted by Gasteiger charge is -2.13. The van der Waals surface area contributed by atoms with Crippen LogP contribution in [0.25, 0.3) is 11.0 Å². The molecule has 0 bridgehead atoms. The summed E-state index contributed by atoms with van der Waals surface area (Å²) in [5.74, 6) is -0.131. The Labute approximate surface area is 174 Å². The Kier molecular flexibility index (Phi) is 5.82. The van der Waals surface area contributed by atoms with Gasteiger partial charge in [0.05, 0.1) is 21.9 Å². The van der Waals surface area contributed by atoms with Gasteiger partial charge >= 0.3 is 0 Å². The molecular formula is C20H23Cl2N5O. The number of halogens is 2. The number of carbonyl (C=O) groups is 1. The normalized spacial score (nSPS) is 11.4. The van der Waals surface area contributed by atoms with E-state index in [9.17, 15) is 4.79 Å². The van der Waals surface area contributed by atoms with Gasteiger partial charge in [0.2, 0.25) is 5.91 Å². The van der Waals surface area contributed by atoms with Gasteiger partial charge < -0.3 is 11.1 Å². The molecule has 0 aliphatic rings. The Morgan fingerprint density at radius 1 is 1.25 bits per heavy atom. The maximum atomic E-state index is 12.4. The van der Waals surface area contributed by atoms with Crippen LogP contribution in [0.5, 0.6) is 0 Å². The zero-order valence-electron chi connectivity index (χ0n) is 16.3. The second kappa shape index (κ2) is 7.97. The van der Waals surface area contributed by atoms with Crippen LogP contribution in [-0.2, 0) is 11.2 Å². The van der Waals surface area contributed by atoms with E-state index in [0.29, 0.717) is 34.3 Å². The number of hydrogen-bond acceptors (Lipinski definition) is 4. The van der Waals surface area contributed by atoms with Gasteiger partial charge in [-0.2, -0.15) is 5.10 Å². The molecule has 0 aliphatic carbocycles. The first-order chi connectivity index (χ1) is 13.2. The SMILES string of the molecule is Cc1nc2c(cnn2C(C)C)c(C)c1CCC(=O)Nc1cc(Cl)c(N)c(Cl)c1. The van der Waals surface area contributed by atoms with Crippen molar-refractivity contribution < 1.29 is 4.79 Å². The molecule has 28 heavy (non-hydrogen) atoms. The number of aryl methyl sites for hydroxylation is 2. The second-order valence-corrected chi connectivity index (χ2v) is 7.94. The predicted molar refractivity (Wildman–Crippen MR) is 115 cm³/mol. The first-order valence-corrected chi connectivity index (χ1v) is 9.82. The molecule has 1 amide bonds. The molecule has 0 unspecified atom stereocenters. The van der Waals surface area contributed by atoms with Gasteiger partial charge in [-0.05, 0) is 57.4 Å². The minimum atomic E-state index is -0.131. The quantitative estimate of drug-likeness (QED) is 0.563. The molecular weight excluding hydrogens is 397 g/mol. The van der Waals surface area contributed by atoms with Crippen LogP contribution in [0.1, 0.15) is 43.1 Å². The number of nitrogens with two attached hydrogens (primary N) is 1. The van der Waals surface area contributed by atoms with E-state index in [0.717, 1.165) is 27.9 Å². The lowest BCUT2D eigenvalue weighted by atomic mass is 10.0. The summed E-state index contributed by atoms with van der Waals surface area (Å²) in [6.45, 7) is 8.17. The molecule has 0 aliphatic heterocycles. The molecule has 2 heterocycles. The number of rotatable bonds is 5. The molecule has 148 valence electrons. The number of fused-ring (bicyclic) bond motifs is 1. The number of nitrogen functional groups attached to an aromatic ring is 1. The minimum absolute atomic E-state index is 0.131. The average Bonchev–Trinajstić information content (AvgIpc) is 3.03. The molecule has 3 rings (SSSR count). The lowest BCUT2D eigenvalue weighted by Crippen LogP contribution is -2.13. The summed E-state index contributed by atoms with van der Waals surface area (Å²) in [4.78, 5) is 17.1. The van der Waals surface area contributed by atoms with Crippen LogP contribution in [0.15, 0.2) is 18.3 Å². The van der Waals surface area contributed by atoms with Crippen molar-refractivity contribution in [1.29, 1.82) is 0 Å². The number of benzene rings is 1. The van der Waals surface area contributed by atoms with Crippen LogP contribution >= 0.6 is 23.2 Å². The predicted octanol–water partition coefficient (Wildman–Crippen LogP) is 5.09. The largest absolute Gasteiger partial charge is 0.396 e. The van der Waals surface area contributed by atoms with E-state index in [1.165, 1.54) is 0 Å². The van der Waals surface area contributed by atoms with Gasteiger partial charge in [0, 0.05) is 29.2 Å². The van der Waals surface area contributed by atoms with E-state index >= 15 is 0 Å². The maximum Gasteiger partial charge on any atom is 0.224 e. The third-order valence-corrected chi connectivity index (χ3v) is 5.42. The Morgan fingerprint density at radius 2 is 1.89 bits per heavy atom. The topological polar surface area (TPSA) is 85.8 Å². The van der Waals surface area contributed by atoms with Crippen molar-refractivity contribution in [3.63, 3.8) is 0 Å². The third kappa shape index (κ3) is 3.93. The summed E-state index contributed by atoms with van der Waals surface area (Å²) in [7, 11) is 0.